The van der Waals surface area contributed by atoms with Gasteiger partial charge in [0, 0.05) is 22.4 Å². The molecule has 0 saturated heterocycles. The summed E-state index contributed by atoms with van der Waals surface area (Å²) in [4.78, 5) is 16.8. The number of alkyl halides is 3. The molecule has 0 bridgehead atoms. The van der Waals surface area contributed by atoms with Crippen LogP contribution in [0, 0.1) is 0 Å². The van der Waals surface area contributed by atoms with Crippen LogP contribution in [-0.4, -0.2) is 15.9 Å². The number of halogens is 4. The minimum absolute atomic E-state index is 0.123. The number of aryl methyl sites for hydroxylation is 1. The lowest BCUT2D eigenvalue weighted by Gasteiger charge is -2.05. The number of thiophene rings is 1. The van der Waals surface area contributed by atoms with Crippen LogP contribution in [0.25, 0.3) is 11.4 Å². The maximum Gasteiger partial charge on any atom is 0.471 e. The first kappa shape index (κ1) is 18.6. The fourth-order valence-corrected chi connectivity index (χ4v) is 3.39. The number of ketones is 1. The third-order valence-corrected chi connectivity index (χ3v) is 4.85. The molecule has 0 N–H and O–H groups in total. The van der Waals surface area contributed by atoms with Crippen molar-refractivity contribution in [2.24, 2.45) is 0 Å². The van der Waals surface area contributed by atoms with E-state index in [1.165, 1.54) is 23.1 Å². The summed E-state index contributed by atoms with van der Waals surface area (Å²) in [5.41, 5.74) is 0.561. The van der Waals surface area contributed by atoms with Crippen LogP contribution in [0.3, 0.4) is 0 Å². The quantitative estimate of drug-likeness (QED) is 0.500. The molecule has 4 nitrogen and oxygen atoms in total. The van der Waals surface area contributed by atoms with Crippen LogP contribution in [-0.2, 0) is 12.6 Å². The summed E-state index contributed by atoms with van der Waals surface area (Å²) in [6, 6.07) is 8.24. The topological polar surface area (TPSA) is 56.0 Å². The van der Waals surface area contributed by atoms with Crippen molar-refractivity contribution in [3.63, 3.8) is 0 Å². The summed E-state index contributed by atoms with van der Waals surface area (Å²) in [5.74, 6) is -1.80. The summed E-state index contributed by atoms with van der Waals surface area (Å²) in [5, 5.41) is 5.42. The van der Waals surface area contributed by atoms with Crippen molar-refractivity contribution in [3.05, 3.63) is 57.1 Å². The Morgan fingerprint density at radius 1 is 1.27 bits per heavy atom. The SMILES string of the molecule is O=C(CCCc1cccs1)c1ccc(-c2noc(C(F)(F)F)n2)cc1Cl. The maximum absolute atomic E-state index is 12.5. The number of Topliss-reactive ketones (excluding diaryl/α,β-unsaturated/α-hetero) is 1. The van der Waals surface area contributed by atoms with E-state index in [-0.39, 0.29) is 22.2 Å². The molecule has 9 heteroatoms. The van der Waals surface area contributed by atoms with E-state index in [0.717, 1.165) is 6.42 Å². The third-order valence-electron chi connectivity index (χ3n) is 3.60. The van der Waals surface area contributed by atoms with E-state index in [1.54, 1.807) is 11.3 Å². The fourth-order valence-electron chi connectivity index (χ4n) is 2.35. The molecule has 0 aliphatic heterocycles. The monoisotopic (exact) mass is 400 g/mol. The van der Waals surface area contributed by atoms with Gasteiger partial charge in [-0.15, -0.1) is 11.3 Å². The maximum atomic E-state index is 12.5. The summed E-state index contributed by atoms with van der Waals surface area (Å²) >= 11 is 7.76. The van der Waals surface area contributed by atoms with Gasteiger partial charge in [-0.1, -0.05) is 28.9 Å². The van der Waals surface area contributed by atoms with Crippen molar-refractivity contribution in [2.45, 2.75) is 25.4 Å². The molecular formula is C17H12ClF3N2O2S. The Morgan fingerprint density at radius 2 is 2.08 bits per heavy atom. The first-order chi connectivity index (χ1) is 12.3. The Bertz CT molecular complexity index is 907. The van der Waals surface area contributed by atoms with E-state index < -0.39 is 12.1 Å². The molecule has 0 fully saturated rings. The number of benzene rings is 1. The number of hydrogen-bond donors (Lipinski definition) is 0. The number of rotatable bonds is 6. The van der Waals surface area contributed by atoms with E-state index in [1.807, 2.05) is 17.5 Å². The van der Waals surface area contributed by atoms with Crippen molar-refractivity contribution in [3.8, 4) is 11.4 Å². The van der Waals surface area contributed by atoms with Gasteiger partial charge in [0.15, 0.2) is 5.78 Å². The molecular weight excluding hydrogens is 389 g/mol. The average molecular weight is 401 g/mol. The highest BCUT2D eigenvalue weighted by atomic mass is 35.5. The van der Waals surface area contributed by atoms with Crippen LogP contribution in [0.15, 0.2) is 40.2 Å². The Hall–Kier alpha value is -2.19. The molecule has 0 atom stereocenters. The van der Waals surface area contributed by atoms with Gasteiger partial charge in [0.25, 0.3) is 0 Å². The van der Waals surface area contributed by atoms with E-state index >= 15 is 0 Å². The van der Waals surface area contributed by atoms with E-state index in [4.69, 9.17) is 11.6 Å². The zero-order valence-corrected chi connectivity index (χ0v) is 14.8. The molecule has 1 aromatic carbocycles. The predicted molar refractivity (Wildman–Crippen MR) is 91.3 cm³/mol. The normalized spacial score (nSPS) is 11.7. The lowest BCUT2D eigenvalue weighted by atomic mass is 10.0. The Morgan fingerprint density at radius 3 is 2.69 bits per heavy atom. The molecule has 2 aromatic heterocycles. The first-order valence-corrected chi connectivity index (χ1v) is 8.87. The second-order valence-electron chi connectivity index (χ2n) is 5.47. The molecule has 0 radical (unpaired) electrons. The van der Waals surface area contributed by atoms with E-state index in [9.17, 15) is 18.0 Å². The number of nitrogens with zero attached hydrogens (tertiary/aromatic N) is 2. The minimum atomic E-state index is -4.71. The van der Waals surface area contributed by atoms with Crippen LogP contribution >= 0.6 is 22.9 Å². The van der Waals surface area contributed by atoms with E-state index in [0.29, 0.717) is 18.4 Å². The lowest BCUT2D eigenvalue weighted by molar-refractivity contribution is -0.159. The predicted octanol–water partition coefficient (Wildman–Crippen LogP) is 5.68. The van der Waals surface area contributed by atoms with Crippen molar-refractivity contribution in [1.82, 2.24) is 10.1 Å². The molecule has 0 spiro atoms. The minimum Gasteiger partial charge on any atom is -0.329 e. The van der Waals surface area contributed by atoms with Crippen molar-refractivity contribution < 1.29 is 22.5 Å². The molecule has 0 amide bonds. The number of carbonyl (C=O) groups excluding carboxylic acids is 1. The Kier molecular flexibility index (Phi) is 5.43. The van der Waals surface area contributed by atoms with Crippen LogP contribution in [0.1, 0.15) is 34.0 Å². The molecule has 0 aliphatic carbocycles. The smallest absolute Gasteiger partial charge is 0.329 e. The standard InChI is InChI=1S/C17H12ClF3N2O2S/c18-13-9-10(15-22-16(25-23-15)17(19,20)21)6-7-12(13)14(24)5-1-3-11-4-2-8-26-11/h2,4,6-9H,1,3,5H2. The van der Waals surface area contributed by atoms with Crippen LogP contribution in [0.5, 0.6) is 0 Å². The molecule has 0 aliphatic rings. The van der Waals surface area contributed by atoms with Crippen LogP contribution in [0.4, 0.5) is 13.2 Å². The second-order valence-corrected chi connectivity index (χ2v) is 6.91. The number of aromatic nitrogens is 2. The highest BCUT2D eigenvalue weighted by molar-refractivity contribution is 7.09. The van der Waals surface area contributed by atoms with Gasteiger partial charge in [-0.2, -0.15) is 18.2 Å². The number of hydrogen-bond acceptors (Lipinski definition) is 5. The lowest BCUT2D eigenvalue weighted by Crippen LogP contribution is -2.05. The largest absolute Gasteiger partial charge is 0.471 e. The molecule has 26 heavy (non-hydrogen) atoms. The summed E-state index contributed by atoms with van der Waals surface area (Å²) in [7, 11) is 0. The van der Waals surface area contributed by atoms with E-state index in [2.05, 4.69) is 14.7 Å². The highest BCUT2D eigenvalue weighted by Crippen LogP contribution is 2.31. The van der Waals surface area contributed by atoms with Crippen LogP contribution < -0.4 is 0 Å². The van der Waals surface area contributed by atoms with Gasteiger partial charge in [-0.3, -0.25) is 4.79 Å². The summed E-state index contributed by atoms with van der Waals surface area (Å²) in [6.45, 7) is 0. The first-order valence-electron chi connectivity index (χ1n) is 7.61. The molecule has 2 heterocycles. The van der Waals surface area contributed by atoms with Gasteiger partial charge in [-0.25, -0.2) is 0 Å². The molecule has 136 valence electrons. The molecule has 0 saturated carbocycles. The molecule has 0 unspecified atom stereocenters. The third kappa shape index (κ3) is 4.31. The van der Waals surface area contributed by atoms with Crippen molar-refractivity contribution >= 4 is 28.7 Å². The summed E-state index contributed by atoms with van der Waals surface area (Å²) < 4.78 is 41.8. The molecule has 3 rings (SSSR count). The second kappa shape index (κ2) is 7.59. The van der Waals surface area contributed by atoms with Gasteiger partial charge < -0.3 is 4.52 Å². The van der Waals surface area contributed by atoms with Gasteiger partial charge in [-0.05, 0) is 36.4 Å². The van der Waals surface area contributed by atoms with Crippen molar-refractivity contribution in [2.75, 3.05) is 0 Å². The van der Waals surface area contributed by atoms with Gasteiger partial charge in [0.1, 0.15) is 0 Å². The van der Waals surface area contributed by atoms with Crippen LogP contribution in [0.2, 0.25) is 5.02 Å². The van der Waals surface area contributed by atoms with Gasteiger partial charge in [0.05, 0.1) is 5.02 Å². The zero-order valence-electron chi connectivity index (χ0n) is 13.2. The van der Waals surface area contributed by atoms with Gasteiger partial charge in [0.2, 0.25) is 5.82 Å². The van der Waals surface area contributed by atoms with Gasteiger partial charge >= 0.3 is 12.1 Å². The van der Waals surface area contributed by atoms with Crippen molar-refractivity contribution in [1.29, 1.82) is 0 Å². The fraction of sp³-hybridized carbons (Fsp3) is 0.235. The molecule has 3 aromatic rings. The summed E-state index contributed by atoms with van der Waals surface area (Å²) in [6.07, 6.45) is -2.88. The Balaban J connectivity index is 1.68. The average Bonchev–Trinajstić information content (AvgIpc) is 3.26. The zero-order chi connectivity index (χ0) is 18.7. The number of carbonyl (C=O) groups is 1. The highest BCUT2D eigenvalue weighted by Gasteiger charge is 2.38. The Labute approximate surface area is 155 Å².